The third-order valence-corrected chi connectivity index (χ3v) is 4.99. The van der Waals surface area contributed by atoms with Crippen molar-refractivity contribution in [3.05, 3.63) is 58.7 Å². The van der Waals surface area contributed by atoms with Crippen molar-refractivity contribution in [3.8, 4) is 11.3 Å². The number of hydrogen-bond acceptors (Lipinski definition) is 5. The van der Waals surface area contributed by atoms with Gasteiger partial charge >= 0.3 is 0 Å². The Kier molecular flexibility index (Phi) is 3.82. The number of pyridine rings is 1. The highest BCUT2D eigenvalue weighted by atomic mass is 32.1. The number of hydrogen-bond donors (Lipinski definition) is 1. The summed E-state index contributed by atoms with van der Waals surface area (Å²) in [6, 6.07) is 13.6. The number of carbonyl (C=O) groups excluding carboxylic acids is 1. The molecule has 4 rings (SSSR count). The van der Waals surface area contributed by atoms with Gasteiger partial charge in [0.2, 0.25) is 5.13 Å². The van der Waals surface area contributed by atoms with Crippen molar-refractivity contribution in [2.45, 2.75) is 25.7 Å². The van der Waals surface area contributed by atoms with Gasteiger partial charge in [0.25, 0.3) is 5.91 Å². The molecule has 24 heavy (non-hydrogen) atoms. The molecule has 1 saturated carbocycles. The third kappa shape index (κ3) is 3.05. The molecule has 2 aromatic heterocycles. The lowest BCUT2D eigenvalue weighted by atomic mass is 10.1. The minimum atomic E-state index is -0.196. The highest BCUT2D eigenvalue weighted by Crippen LogP contribution is 2.42. The number of rotatable bonds is 4. The van der Waals surface area contributed by atoms with Gasteiger partial charge in [-0.15, -0.1) is 10.2 Å². The molecule has 6 heteroatoms. The van der Waals surface area contributed by atoms with Crippen LogP contribution in [0, 0.1) is 6.92 Å². The monoisotopic (exact) mass is 336 g/mol. The summed E-state index contributed by atoms with van der Waals surface area (Å²) in [6.45, 7) is 1.84. The van der Waals surface area contributed by atoms with Crippen LogP contribution in [0.1, 0.15) is 39.8 Å². The number of amides is 1. The summed E-state index contributed by atoms with van der Waals surface area (Å²) in [7, 11) is 0. The van der Waals surface area contributed by atoms with Gasteiger partial charge in [0.1, 0.15) is 5.01 Å². The number of anilines is 1. The summed E-state index contributed by atoms with van der Waals surface area (Å²) in [6.07, 6.45) is 2.35. The maximum atomic E-state index is 12.5. The van der Waals surface area contributed by atoms with E-state index in [4.69, 9.17) is 0 Å². The number of benzene rings is 1. The predicted molar refractivity (Wildman–Crippen MR) is 94.2 cm³/mol. The molecule has 1 aliphatic rings. The van der Waals surface area contributed by atoms with Crippen LogP contribution in [-0.2, 0) is 0 Å². The van der Waals surface area contributed by atoms with Gasteiger partial charge in [0.15, 0.2) is 0 Å². The van der Waals surface area contributed by atoms with Crippen LogP contribution in [0.4, 0.5) is 5.13 Å². The van der Waals surface area contributed by atoms with E-state index in [2.05, 4.69) is 20.5 Å². The molecule has 0 radical (unpaired) electrons. The molecule has 0 aliphatic heterocycles. The largest absolute Gasteiger partial charge is 0.296 e. The maximum Gasteiger partial charge on any atom is 0.259 e. The van der Waals surface area contributed by atoms with E-state index in [9.17, 15) is 4.79 Å². The second-order valence-electron chi connectivity index (χ2n) is 5.87. The lowest BCUT2D eigenvalue weighted by Crippen LogP contribution is -2.14. The van der Waals surface area contributed by atoms with Gasteiger partial charge in [-0.1, -0.05) is 41.7 Å². The van der Waals surface area contributed by atoms with Crippen molar-refractivity contribution in [1.82, 2.24) is 15.2 Å². The highest BCUT2D eigenvalue weighted by Gasteiger charge is 2.27. The number of carbonyl (C=O) groups is 1. The number of aryl methyl sites for hydroxylation is 1. The Morgan fingerprint density at radius 2 is 1.92 bits per heavy atom. The summed E-state index contributed by atoms with van der Waals surface area (Å²) in [5, 5.41) is 12.6. The van der Waals surface area contributed by atoms with Crippen LogP contribution in [0.25, 0.3) is 11.3 Å². The fourth-order valence-corrected chi connectivity index (χ4v) is 3.42. The second kappa shape index (κ2) is 6.13. The first-order valence-electron chi connectivity index (χ1n) is 7.88. The van der Waals surface area contributed by atoms with E-state index in [1.807, 2.05) is 49.4 Å². The molecule has 1 amide bonds. The zero-order valence-electron chi connectivity index (χ0n) is 13.2. The summed E-state index contributed by atoms with van der Waals surface area (Å²) < 4.78 is 0. The Morgan fingerprint density at radius 3 is 2.62 bits per heavy atom. The molecule has 2 heterocycles. The Balaban J connectivity index is 1.53. The first-order chi connectivity index (χ1) is 11.7. The average molecular weight is 336 g/mol. The summed E-state index contributed by atoms with van der Waals surface area (Å²) in [5.41, 5.74) is 3.14. The van der Waals surface area contributed by atoms with Crippen LogP contribution in [0.3, 0.4) is 0 Å². The van der Waals surface area contributed by atoms with Crippen LogP contribution in [-0.4, -0.2) is 21.1 Å². The first-order valence-corrected chi connectivity index (χ1v) is 8.70. The third-order valence-electron chi connectivity index (χ3n) is 3.99. The lowest BCUT2D eigenvalue weighted by molar-refractivity contribution is 0.102. The quantitative estimate of drug-likeness (QED) is 0.781. The van der Waals surface area contributed by atoms with Gasteiger partial charge in [-0.05, 0) is 31.9 Å². The Morgan fingerprint density at radius 1 is 1.12 bits per heavy atom. The van der Waals surface area contributed by atoms with Crippen molar-refractivity contribution < 1.29 is 4.79 Å². The predicted octanol–water partition coefficient (Wildman–Crippen LogP) is 4.04. The van der Waals surface area contributed by atoms with E-state index in [0.29, 0.717) is 22.3 Å². The number of nitrogens with zero attached hydrogens (tertiary/aromatic N) is 3. The molecular formula is C18H16N4OS. The summed E-state index contributed by atoms with van der Waals surface area (Å²) in [4.78, 5) is 17.0. The normalized spacial score (nSPS) is 13.7. The standard InChI is InChI=1S/C18H16N4OS/c1-11-14(9-10-15(19-11)12-5-3-2-4-6-12)16(23)20-18-22-21-17(24-18)13-7-8-13/h2-6,9-10,13H,7-8H2,1H3,(H,20,22,23). The Labute approximate surface area is 143 Å². The fourth-order valence-electron chi connectivity index (χ4n) is 2.52. The molecule has 1 fully saturated rings. The van der Waals surface area contributed by atoms with Gasteiger partial charge < -0.3 is 0 Å². The van der Waals surface area contributed by atoms with Crippen LogP contribution in [0.15, 0.2) is 42.5 Å². The molecule has 3 aromatic rings. The van der Waals surface area contributed by atoms with Crippen LogP contribution < -0.4 is 5.32 Å². The van der Waals surface area contributed by atoms with Crippen molar-refractivity contribution >= 4 is 22.4 Å². The minimum absolute atomic E-state index is 0.196. The molecule has 1 aromatic carbocycles. The molecule has 1 aliphatic carbocycles. The van der Waals surface area contributed by atoms with E-state index < -0.39 is 0 Å². The van der Waals surface area contributed by atoms with E-state index in [1.54, 1.807) is 0 Å². The molecule has 120 valence electrons. The van der Waals surface area contributed by atoms with E-state index >= 15 is 0 Å². The van der Waals surface area contributed by atoms with Crippen LogP contribution >= 0.6 is 11.3 Å². The first kappa shape index (κ1) is 15.0. The zero-order chi connectivity index (χ0) is 16.5. The van der Waals surface area contributed by atoms with Gasteiger partial charge in [0.05, 0.1) is 17.0 Å². The Hall–Kier alpha value is -2.60. The van der Waals surface area contributed by atoms with Crippen molar-refractivity contribution in [1.29, 1.82) is 0 Å². The topological polar surface area (TPSA) is 67.8 Å². The van der Waals surface area contributed by atoms with Crippen molar-refractivity contribution in [2.24, 2.45) is 0 Å². The molecule has 1 N–H and O–H groups in total. The maximum absolute atomic E-state index is 12.5. The molecule has 5 nitrogen and oxygen atoms in total. The van der Waals surface area contributed by atoms with E-state index in [0.717, 1.165) is 16.3 Å². The van der Waals surface area contributed by atoms with Crippen molar-refractivity contribution in [3.63, 3.8) is 0 Å². The van der Waals surface area contributed by atoms with Gasteiger partial charge in [-0.2, -0.15) is 0 Å². The molecule has 0 atom stereocenters. The highest BCUT2D eigenvalue weighted by molar-refractivity contribution is 7.15. The minimum Gasteiger partial charge on any atom is -0.296 e. The molecular weight excluding hydrogens is 320 g/mol. The molecule has 0 saturated heterocycles. The fraction of sp³-hybridized carbons (Fsp3) is 0.222. The van der Waals surface area contributed by atoms with Crippen LogP contribution in [0.2, 0.25) is 0 Å². The molecule has 0 bridgehead atoms. The Bertz CT molecular complexity index is 887. The SMILES string of the molecule is Cc1nc(-c2ccccc2)ccc1C(=O)Nc1nnc(C2CC2)s1. The second-order valence-corrected chi connectivity index (χ2v) is 6.88. The van der Waals surface area contributed by atoms with E-state index in [1.165, 1.54) is 24.2 Å². The van der Waals surface area contributed by atoms with Gasteiger partial charge in [0, 0.05) is 11.5 Å². The number of nitrogens with one attached hydrogen (secondary N) is 1. The van der Waals surface area contributed by atoms with Crippen molar-refractivity contribution in [2.75, 3.05) is 5.32 Å². The lowest BCUT2D eigenvalue weighted by Gasteiger charge is -2.07. The number of aromatic nitrogens is 3. The molecule has 0 spiro atoms. The van der Waals surface area contributed by atoms with Gasteiger partial charge in [-0.25, -0.2) is 0 Å². The van der Waals surface area contributed by atoms with Gasteiger partial charge in [-0.3, -0.25) is 15.1 Å². The summed E-state index contributed by atoms with van der Waals surface area (Å²) in [5.74, 6) is 0.347. The smallest absolute Gasteiger partial charge is 0.259 e. The van der Waals surface area contributed by atoms with E-state index in [-0.39, 0.29) is 5.91 Å². The average Bonchev–Trinajstić information content (AvgIpc) is 3.35. The zero-order valence-corrected chi connectivity index (χ0v) is 14.0. The van der Waals surface area contributed by atoms with Crippen LogP contribution in [0.5, 0.6) is 0 Å². The molecule has 0 unspecified atom stereocenters. The summed E-state index contributed by atoms with van der Waals surface area (Å²) >= 11 is 1.46.